The molecule has 1 aliphatic heterocycles. The Labute approximate surface area is 229 Å². The largest absolute Gasteiger partial charge is 0.493 e. The van der Waals surface area contributed by atoms with E-state index in [0.29, 0.717) is 23.5 Å². The van der Waals surface area contributed by atoms with Crippen molar-refractivity contribution in [2.45, 2.75) is 11.1 Å². The summed E-state index contributed by atoms with van der Waals surface area (Å²) in [7, 11) is -1.84. The van der Waals surface area contributed by atoms with Gasteiger partial charge in [-0.25, -0.2) is 12.8 Å². The fourth-order valence-corrected chi connectivity index (χ4v) is 5.77. The molecule has 3 aromatic carbocycles. The summed E-state index contributed by atoms with van der Waals surface area (Å²) in [5.74, 6) is -0.610. The number of carbonyl (C=O) groups is 1. The van der Waals surface area contributed by atoms with Gasteiger partial charge in [0.1, 0.15) is 12.4 Å². The Balaban J connectivity index is 1.63. The van der Waals surface area contributed by atoms with E-state index in [1.54, 1.807) is 12.1 Å². The normalized spacial score (nSPS) is 14.2. The first-order valence-corrected chi connectivity index (χ1v) is 13.6. The SMILES string of the molecule is COc1ccc(S(=O)(=O)N(CC(=O)N2CCN(c3ccc(F)cc3)CC2)c2cccc(C(F)(F)F)c2)cc1OC. The lowest BCUT2D eigenvalue weighted by molar-refractivity contribution is -0.137. The number of piperazine rings is 1. The summed E-state index contributed by atoms with van der Waals surface area (Å²) < 4.78 is 92.3. The minimum Gasteiger partial charge on any atom is -0.493 e. The Morgan fingerprint density at radius 1 is 0.900 bits per heavy atom. The first-order chi connectivity index (χ1) is 18.9. The van der Waals surface area contributed by atoms with Crippen LogP contribution in [0, 0.1) is 5.82 Å². The summed E-state index contributed by atoms with van der Waals surface area (Å²) in [6.07, 6.45) is -4.73. The van der Waals surface area contributed by atoms with E-state index >= 15 is 0 Å². The van der Waals surface area contributed by atoms with Crippen molar-refractivity contribution in [3.63, 3.8) is 0 Å². The maximum atomic E-state index is 13.8. The number of alkyl halides is 3. The summed E-state index contributed by atoms with van der Waals surface area (Å²) in [5.41, 5.74) is -0.601. The van der Waals surface area contributed by atoms with Crippen molar-refractivity contribution in [2.24, 2.45) is 0 Å². The van der Waals surface area contributed by atoms with Crippen LogP contribution in [0.4, 0.5) is 28.9 Å². The molecule has 1 aliphatic rings. The van der Waals surface area contributed by atoms with Gasteiger partial charge in [-0.1, -0.05) is 6.07 Å². The Hall–Kier alpha value is -4.00. The van der Waals surface area contributed by atoms with E-state index in [2.05, 4.69) is 0 Å². The number of nitrogens with zero attached hydrogens (tertiary/aromatic N) is 3. The number of amides is 1. The molecular formula is C27H27F4N3O5S. The second-order valence-electron chi connectivity index (χ2n) is 8.92. The van der Waals surface area contributed by atoms with E-state index in [0.717, 1.165) is 17.8 Å². The van der Waals surface area contributed by atoms with Crippen molar-refractivity contribution < 1.29 is 40.2 Å². The van der Waals surface area contributed by atoms with Crippen LogP contribution in [0.5, 0.6) is 11.5 Å². The van der Waals surface area contributed by atoms with Gasteiger partial charge >= 0.3 is 6.18 Å². The van der Waals surface area contributed by atoms with Crippen LogP contribution in [-0.2, 0) is 21.0 Å². The molecule has 1 fully saturated rings. The molecule has 8 nitrogen and oxygen atoms in total. The predicted molar refractivity (Wildman–Crippen MR) is 141 cm³/mol. The van der Waals surface area contributed by atoms with Gasteiger partial charge < -0.3 is 19.3 Å². The first kappa shape index (κ1) is 29.0. The Morgan fingerprint density at radius 2 is 1.55 bits per heavy atom. The number of ether oxygens (including phenoxy) is 2. The zero-order valence-electron chi connectivity index (χ0n) is 21.7. The van der Waals surface area contributed by atoms with Crippen LogP contribution in [0.15, 0.2) is 71.6 Å². The minimum absolute atomic E-state index is 0.0933. The van der Waals surface area contributed by atoms with Crippen molar-refractivity contribution in [2.75, 3.05) is 56.1 Å². The quantitative estimate of drug-likeness (QED) is 0.367. The maximum Gasteiger partial charge on any atom is 0.416 e. The average molecular weight is 582 g/mol. The molecule has 40 heavy (non-hydrogen) atoms. The van der Waals surface area contributed by atoms with Crippen LogP contribution in [0.2, 0.25) is 0 Å². The Bertz CT molecular complexity index is 1460. The van der Waals surface area contributed by atoms with Gasteiger partial charge in [0.2, 0.25) is 5.91 Å². The molecule has 4 rings (SSSR count). The van der Waals surface area contributed by atoms with Gasteiger partial charge in [-0.15, -0.1) is 0 Å². The molecule has 0 spiro atoms. The molecule has 1 heterocycles. The van der Waals surface area contributed by atoms with Crippen LogP contribution in [0.3, 0.4) is 0 Å². The maximum absolute atomic E-state index is 13.8. The molecule has 1 amide bonds. The highest BCUT2D eigenvalue weighted by molar-refractivity contribution is 7.92. The molecular weight excluding hydrogens is 554 g/mol. The van der Waals surface area contributed by atoms with Crippen molar-refractivity contribution in [1.82, 2.24) is 4.90 Å². The number of carbonyl (C=O) groups excluding carboxylic acids is 1. The van der Waals surface area contributed by atoms with Gasteiger partial charge in [-0.3, -0.25) is 9.10 Å². The van der Waals surface area contributed by atoms with Gasteiger partial charge in [0.25, 0.3) is 10.0 Å². The third kappa shape index (κ3) is 6.24. The highest BCUT2D eigenvalue weighted by Crippen LogP contribution is 2.35. The third-order valence-corrected chi connectivity index (χ3v) is 8.28. The third-order valence-electron chi connectivity index (χ3n) is 6.51. The number of anilines is 2. The lowest BCUT2D eigenvalue weighted by atomic mass is 10.2. The van der Waals surface area contributed by atoms with Crippen LogP contribution >= 0.6 is 0 Å². The molecule has 0 aliphatic carbocycles. The van der Waals surface area contributed by atoms with Crippen molar-refractivity contribution in [3.05, 3.63) is 78.1 Å². The molecule has 0 atom stereocenters. The van der Waals surface area contributed by atoms with Gasteiger partial charge in [-0.2, -0.15) is 13.2 Å². The number of hydrogen-bond donors (Lipinski definition) is 0. The van der Waals surface area contributed by atoms with Crippen molar-refractivity contribution in [3.8, 4) is 11.5 Å². The number of methoxy groups -OCH3 is 2. The molecule has 13 heteroatoms. The number of sulfonamides is 1. The average Bonchev–Trinajstić information content (AvgIpc) is 2.95. The summed E-state index contributed by atoms with van der Waals surface area (Å²) in [5, 5.41) is 0. The van der Waals surface area contributed by atoms with Crippen molar-refractivity contribution in [1.29, 1.82) is 0 Å². The van der Waals surface area contributed by atoms with E-state index in [9.17, 15) is 30.8 Å². The van der Waals surface area contributed by atoms with Gasteiger partial charge in [0.05, 0.1) is 30.4 Å². The summed E-state index contributed by atoms with van der Waals surface area (Å²) >= 11 is 0. The fourth-order valence-electron chi connectivity index (χ4n) is 4.35. The zero-order valence-corrected chi connectivity index (χ0v) is 22.5. The monoisotopic (exact) mass is 581 g/mol. The van der Waals surface area contributed by atoms with E-state index < -0.39 is 34.2 Å². The van der Waals surface area contributed by atoms with Gasteiger partial charge in [0.15, 0.2) is 11.5 Å². The molecule has 0 saturated carbocycles. The number of hydrogen-bond acceptors (Lipinski definition) is 6. The van der Waals surface area contributed by atoms with Crippen LogP contribution < -0.4 is 18.7 Å². The molecule has 0 aromatic heterocycles. The highest BCUT2D eigenvalue weighted by atomic mass is 32.2. The summed E-state index contributed by atoms with van der Waals surface area (Å²) in [4.78, 5) is 16.4. The molecule has 0 bridgehead atoms. The Morgan fingerprint density at radius 3 is 2.15 bits per heavy atom. The zero-order chi connectivity index (χ0) is 29.1. The van der Waals surface area contributed by atoms with Crippen molar-refractivity contribution >= 4 is 27.3 Å². The van der Waals surface area contributed by atoms with E-state index in [1.165, 1.54) is 55.5 Å². The number of rotatable bonds is 8. The molecule has 3 aromatic rings. The number of benzene rings is 3. The summed E-state index contributed by atoms with van der Waals surface area (Å²) in [6, 6.07) is 13.5. The van der Waals surface area contributed by atoms with E-state index in [4.69, 9.17) is 9.47 Å². The fraction of sp³-hybridized carbons (Fsp3) is 0.296. The standard InChI is InChI=1S/C27H27F4N3O5S/c1-38-24-11-10-23(17-25(24)39-2)40(36,37)34(22-5-3-4-19(16-22)27(29,30)31)18-26(35)33-14-12-32(13-15-33)21-8-6-20(28)7-9-21/h3-11,16-17H,12-15,18H2,1-2H3. The molecule has 0 N–H and O–H groups in total. The van der Waals surface area contributed by atoms with Gasteiger partial charge in [0, 0.05) is 37.9 Å². The highest BCUT2D eigenvalue weighted by Gasteiger charge is 2.34. The number of halogens is 4. The smallest absolute Gasteiger partial charge is 0.416 e. The topological polar surface area (TPSA) is 79.4 Å². The first-order valence-electron chi connectivity index (χ1n) is 12.1. The Kier molecular flexibility index (Phi) is 8.43. The molecule has 214 valence electrons. The predicted octanol–water partition coefficient (Wildman–Crippen LogP) is 4.41. The second kappa shape index (κ2) is 11.6. The lowest BCUT2D eigenvalue weighted by Crippen LogP contribution is -2.52. The van der Waals surface area contributed by atoms with Gasteiger partial charge in [-0.05, 0) is 54.6 Å². The molecule has 0 unspecified atom stereocenters. The van der Waals surface area contributed by atoms with E-state index in [1.807, 2.05) is 4.90 Å². The molecule has 1 saturated heterocycles. The van der Waals surface area contributed by atoms with E-state index in [-0.39, 0.29) is 41.0 Å². The minimum atomic E-state index is -4.73. The molecule has 0 radical (unpaired) electrons. The lowest BCUT2D eigenvalue weighted by Gasteiger charge is -2.37. The van der Waals surface area contributed by atoms with Crippen LogP contribution in [0.25, 0.3) is 0 Å². The summed E-state index contributed by atoms with van der Waals surface area (Å²) in [6.45, 7) is 0.563. The second-order valence-corrected chi connectivity index (χ2v) is 10.8. The van der Waals surface area contributed by atoms with Crippen LogP contribution in [0.1, 0.15) is 5.56 Å². The van der Waals surface area contributed by atoms with Crippen LogP contribution in [-0.4, -0.2) is 66.2 Å².